The number of aromatic nitrogens is 1. The summed E-state index contributed by atoms with van der Waals surface area (Å²) in [4.78, 5) is 17.0. The van der Waals surface area contributed by atoms with Crippen molar-refractivity contribution >= 4 is 17.8 Å². The van der Waals surface area contributed by atoms with Gasteiger partial charge in [0.05, 0.1) is 27.0 Å². The average molecular weight is 513 g/mol. The van der Waals surface area contributed by atoms with Crippen LogP contribution >= 0.6 is 0 Å². The summed E-state index contributed by atoms with van der Waals surface area (Å²) in [6.45, 7) is 1.94. The summed E-state index contributed by atoms with van der Waals surface area (Å²) in [6.07, 6.45) is 6.48. The second-order valence-electron chi connectivity index (χ2n) is 8.23. The van der Waals surface area contributed by atoms with Crippen LogP contribution in [0.2, 0.25) is 0 Å². The maximum Gasteiger partial charge on any atom is 0.282 e. The third-order valence-electron chi connectivity index (χ3n) is 5.87. The minimum Gasteiger partial charge on any atom is -1.00 e. The van der Waals surface area contributed by atoms with Crippen molar-refractivity contribution in [1.29, 1.82) is 0 Å². The Morgan fingerprint density at radius 3 is 2.56 bits per heavy atom. The monoisotopic (exact) mass is 512 g/mol. The Labute approximate surface area is 215 Å². The van der Waals surface area contributed by atoms with Crippen LogP contribution in [0.4, 0.5) is 5.69 Å². The number of nitrogens with one attached hydrogen (secondary N) is 1. The lowest BCUT2D eigenvalue weighted by Gasteiger charge is -2.15. The molecule has 1 aliphatic heterocycles. The van der Waals surface area contributed by atoms with Gasteiger partial charge in [-0.05, 0) is 47.9 Å². The minimum absolute atomic E-state index is 0. The van der Waals surface area contributed by atoms with Gasteiger partial charge in [-0.1, -0.05) is 11.2 Å². The first-order chi connectivity index (χ1) is 16.9. The summed E-state index contributed by atoms with van der Waals surface area (Å²) in [7, 11) is 4.76. The largest absolute Gasteiger partial charge is 1.00 e. The van der Waals surface area contributed by atoms with Crippen LogP contribution in [-0.2, 0) is 4.79 Å². The van der Waals surface area contributed by atoms with Crippen molar-refractivity contribution in [1.82, 2.24) is 5.16 Å². The van der Waals surface area contributed by atoms with Gasteiger partial charge in [0.1, 0.15) is 17.7 Å². The van der Waals surface area contributed by atoms with Gasteiger partial charge in [-0.3, -0.25) is 9.79 Å². The summed E-state index contributed by atoms with van der Waals surface area (Å²) >= 11 is 0. The number of carbonyl (C=O) groups excluding carboxylic acids is 1. The van der Waals surface area contributed by atoms with Crippen molar-refractivity contribution in [3.63, 3.8) is 0 Å². The zero-order valence-corrected chi connectivity index (χ0v) is 21.4. The van der Waals surface area contributed by atoms with Crippen LogP contribution in [0.1, 0.15) is 18.4 Å². The highest BCUT2D eigenvalue weighted by atomic mass is 35.5. The van der Waals surface area contributed by atoms with Crippen LogP contribution < -0.4 is 37.7 Å². The smallest absolute Gasteiger partial charge is 0.282 e. The molecule has 1 unspecified atom stereocenters. The highest BCUT2D eigenvalue weighted by Crippen LogP contribution is 2.40. The van der Waals surface area contributed by atoms with E-state index in [1.165, 1.54) is 0 Å². The van der Waals surface area contributed by atoms with E-state index in [9.17, 15) is 4.79 Å². The average Bonchev–Trinajstić information content (AvgIpc) is 3.55. The van der Waals surface area contributed by atoms with E-state index in [1.54, 1.807) is 39.9 Å². The van der Waals surface area contributed by atoms with Gasteiger partial charge in [-0.25, -0.2) is 0 Å². The highest BCUT2D eigenvalue weighted by Gasteiger charge is 2.22. The van der Waals surface area contributed by atoms with Gasteiger partial charge in [-0.15, -0.1) is 0 Å². The van der Waals surface area contributed by atoms with Crippen LogP contribution in [0.15, 0.2) is 57.9 Å². The van der Waals surface area contributed by atoms with Crippen LogP contribution in [0.25, 0.3) is 22.4 Å². The number of amides is 1. The number of hydrogen-bond donors (Lipinski definition) is 2. The van der Waals surface area contributed by atoms with Crippen molar-refractivity contribution in [3.05, 3.63) is 53.9 Å². The molecule has 4 N–H and O–H groups in total. The standard InChI is InChI=1S/C26H28N4O5.ClH/c1-15-9-18(12-23(33-3)25(15)34-4)24-19(14-35-30-24)17-5-6-22(32-2)21(11-17)29-26(31)20(27)10-16-7-8-28-13-16;/h5-6,8-9,11-14,20H,7,10,27H2,1-4H3,(H,29,31);1H. The van der Waals surface area contributed by atoms with E-state index in [0.717, 1.165) is 34.2 Å². The van der Waals surface area contributed by atoms with E-state index in [1.807, 2.05) is 37.4 Å². The number of nitrogens with zero attached hydrogens (tertiary/aromatic N) is 2. The van der Waals surface area contributed by atoms with E-state index in [-0.39, 0.29) is 18.3 Å². The molecule has 4 rings (SSSR count). The van der Waals surface area contributed by atoms with Gasteiger partial charge in [0.15, 0.2) is 17.5 Å². The molecule has 1 amide bonds. The summed E-state index contributed by atoms with van der Waals surface area (Å²) in [5.74, 6) is 1.61. The normalized spacial score (nSPS) is 13.0. The molecule has 1 aliphatic rings. The number of benzene rings is 2. The Morgan fingerprint density at radius 1 is 1.11 bits per heavy atom. The minimum atomic E-state index is -0.461. The van der Waals surface area contributed by atoms with Crippen molar-refractivity contribution in [3.8, 4) is 39.6 Å². The Balaban J connectivity index is 0.00000361. The maximum atomic E-state index is 12.9. The lowest BCUT2D eigenvalue weighted by Crippen LogP contribution is -3.00. The number of ether oxygens (including phenoxy) is 3. The van der Waals surface area contributed by atoms with E-state index < -0.39 is 6.04 Å². The zero-order valence-electron chi connectivity index (χ0n) is 20.6. The van der Waals surface area contributed by atoms with Crippen molar-refractivity contribution in [2.75, 3.05) is 26.6 Å². The number of rotatable bonds is 9. The van der Waals surface area contributed by atoms with Gasteiger partial charge in [0.2, 0.25) is 0 Å². The van der Waals surface area contributed by atoms with E-state index in [0.29, 0.717) is 35.1 Å². The number of anilines is 1. The van der Waals surface area contributed by atoms with Crippen molar-refractivity contribution in [2.45, 2.75) is 25.8 Å². The number of aliphatic imine (C=N–C) groups is 1. The Morgan fingerprint density at radius 2 is 1.89 bits per heavy atom. The van der Waals surface area contributed by atoms with E-state index in [2.05, 4.69) is 21.2 Å². The molecule has 36 heavy (non-hydrogen) atoms. The van der Waals surface area contributed by atoms with Gasteiger partial charge >= 0.3 is 0 Å². The molecule has 9 nitrogen and oxygen atoms in total. The molecule has 0 fully saturated rings. The molecule has 0 aliphatic carbocycles. The fourth-order valence-electron chi connectivity index (χ4n) is 4.08. The van der Waals surface area contributed by atoms with Crippen LogP contribution in [0, 0.1) is 6.92 Å². The van der Waals surface area contributed by atoms with Crippen molar-refractivity contribution in [2.24, 2.45) is 4.99 Å². The number of methoxy groups -OCH3 is 3. The molecular formula is C26H29ClN4O5. The second kappa shape index (κ2) is 11.7. The third kappa shape index (κ3) is 5.53. The zero-order chi connectivity index (χ0) is 24.9. The first-order valence-electron chi connectivity index (χ1n) is 11.1. The molecule has 0 saturated heterocycles. The van der Waals surface area contributed by atoms with Gasteiger partial charge < -0.3 is 42.2 Å². The van der Waals surface area contributed by atoms with Gasteiger partial charge in [0.25, 0.3) is 5.91 Å². The second-order valence-corrected chi connectivity index (χ2v) is 8.23. The number of quaternary nitrogens is 1. The number of carbonyl (C=O) groups is 1. The van der Waals surface area contributed by atoms with Gasteiger partial charge in [0, 0.05) is 36.4 Å². The first-order valence-corrected chi connectivity index (χ1v) is 11.1. The molecule has 1 atom stereocenters. The summed E-state index contributed by atoms with van der Waals surface area (Å²) in [5.41, 5.74) is 9.56. The maximum absolute atomic E-state index is 12.9. The Hall–Kier alpha value is -3.82. The molecule has 0 bridgehead atoms. The SMILES string of the molecule is COc1ccc(-c2conc2-c2cc(C)c(OC)c(OC)c2)cc1NC(=O)C([NH3+])CC1=CN=CC1.[Cl-]. The first kappa shape index (κ1) is 26.8. The topological polar surface area (TPSA) is 123 Å². The molecule has 0 saturated carbocycles. The number of aryl methyl sites for hydroxylation is 1. The predicted octanol–water partition coefficient (Wildman–Crippen LogP) is 0.644. The Kier molecular flexibility index (Phi) is 8.73. The van der Waals surface area contributed by atoms with Crippen molar-refractivity contribution < 1.29 is 41.7 Å². The number of halogens is 1. The molecule has 10 heteroatoms. The fraction of sp³-hybridized carbons (Fsp3) is 0.269. The van der Waals surface area contributed by atoms with E-state index >= 15 is 0 Å². The molecule has 1 aromatic heterocycles. The van der Waals surface area contributed by atoms with E-state index in [4.69, 9.17) is 18.7 Å². The summed E-state index contributed by atoms with van der Waals surface area (Å²) in [6, 6.07) is 8.88. The molecule has 2 aromatic carbocycles. The molecule has 0 radical (unpaired) electrons. The fourth-order valence-corrected chi connectivity index (χ4v) is 4.08. The molecule has 2 heterocycles. The quantitative estimate of drug-likeness (QED) is 0.434. The lowest BCUT2D eigenvalue weighted by molar-refractivity contribution is -0.401. The Bertz CT molecular complexity index is 1300. The molecule has 190 valence electrons. The van der Waals surface area contributed by atoms with Crippen LogP contribution in [0.3, 0.4) is 0 Å². The third-order valence-corrected chi connectivity index (χ3v) is 5.87. The van der Waals surface area contributed by atoms with Crippen LogP contribution in [0.5, 0.6) is 17.2 Å². The van der Waals surface area contributed by atoms with Gasteiger partial charge in [-0.2, -0.15) is 0 Å². The lowest BCUT2D eigenvalue weighted by atomic mass is 9.99. The summed E-state index contributed by atoms with van der Waals surface area (Å²) in [5, 5.41) is 7.19. The summed E-state index contributed by atoms with van der Waals surface area (Å²) < 4.78 is 21.8. The predicted molar refractivity (Wildman–Crippen MR) is 133 cm³/mol. The number of hydrogen-bond acceptors (Lipinski definition) is 7. The molecule has 0 spiro atoms. The molecule has 3 aromatic rings. The van der Waals surface area contributed by atoms with Crippen LogP contribution in [-0.4, -0.2) is 44.6 Å². The highest BCUT2D eigenvalue weighted by molar-refractivity contribution is 5.96. The molecular weight excluding hydrogens is 484 g/mol.